The maximum Gasteiger partial charge on any atom is 0.272 e. The Balaban J connectivity index is 1.61. The molecule has 1 aliphatic heterocycles. The monoisotopic (exact) mass is 512 g/mol. The number of halogens is 2. The van der Waals surface area contributed by atoms with E-state index in [4.69, 9.17) is 0 Å². The zero-order valence-electron chi connectivity index (χ0n) is 20.4. The normalized spacial score (nSPS) is 19.3. The second-order valence-electron chi connectivity index (χ2n) is 8.84. The molecule has 0 spiro atoms. The van der Waals surface area contributed by atoms with Crippen molar-refractivity contribution in [2.24, 2.45) is 11.4 Å². The van der Waals surface area contributed by atoms with E-state index in [1.165, 1.54) is 11.6 Å². The number of nitrogens with zero attached hydrogens (tertiary/aromatic N) is 2. The molecule has 1 unspecified atom stereocenters. The predicted octanol–water partition coefficient (Wildman–Crippen LogP) is 5.41. The quantitative estimate of drug-likeness (QED) is 0.416. The standard InChI is InChI=1S/C27H30F2N4O2S/c1-4-30-36(35)25-17-33(3)26(27(34)31-20-12-14-22(28)23(29)16-20)21(25)13-15-24(32-36)18(2)10-11-19-8-6-5-7-9-19/h5-9,12,14,16-17,24H,2,4,10-11,13,15H2,1,3H3,(H,31,34)(H,30,32,35)/t24-,36?/m1/s1. The van der Waals surface area contributed by atoms with Gasteiger partial charge >= 0.3 is 0 Å². The number of carbonyl (C=O) groups is 1. The second-order valence-corrected chi connectivity index (χ2v) is 10.8. The van der Waals surface area contributed by atoms with Gasteiger partial charge in [-0.05, 0) is 50.3 Å². The summed E-state index contributed by atoms with van der Waals surface area (Å²) in [5.41, 5.74) is 3.20. The van der Waals surface area contributed by atoms with Crippen LogP contribution in [-0.2, 0) is 29.8 Å². The number of carbonyl (C=O) groups excluding carboxylic acids is 1. The third-order valence-corrected chi connectivity index (χ3v) is 8.48. The third-order valence-electron chi connectivity index (χ3n) is 6.30. The van der Waals surface area contributed by atoms with Crippen molar-refractivity contribution in [3.8, 4) is 0 Å². The summed E-state index contributed by atoms with van der Waals surface area (Å²) in [6.45, 7) is 6.42. The van der Waals surface area contributed by atoms with Gasteiger partial charge in [0, 0.05) is 43.1 Å². The number of anilines is 1. The van der Waals surface area contributed by atoms with Gasteiger partial charge in [0.1, 0.15) is 15.6 Å². The molecule has 3 aromatic rings. The minimum absolute atomic E-state index is 0.131. The Kier molecular flexibility index (Phi) is 7.70. The zero-order valence-corrected chi connectivity index (χ0v) is 21.2. The number of aromatic nitrogens is 1. The topological polar surface area (TPSA) is 75.5 Å². The van der Waals surface area contributed by atoms with Gasteiger partial charge in [-0.25, -0.2) is 22.1 Å². The lowest BCUT2D eigenvalue weighted by Crippen LogP contribution is -2.35. The maximum absolute atomic E-state index is 14.1. The third kappa shape index (κ3) is 5.42. The van der Waals surface area contributed by atoms with E-state index in [1.807, 2.05) is 25.1 Å². The van der Waals surface area contributed by atoms with Crippen molar-refractivity contribution in [1.29, 1.82) is 0 Å². The molecule has 2 aromatic carbocycles. The lowest BCUT2D eigenvalue weighted by molar-refractivity contribution is 0.101. The van der Waals surface area contributed by atoms with E-state index in [2.05, 4.69) is 33.1 Å². The predicted molar refractivity (Wildman–Crippen MR) is 138 cm³/mol. The van der Waals surface area contributed by atoms with Crippen LogP contribution < -0.4 is 10.0 Å². The van der Waals surface area contributed by atoms with Crippen molar-refractivity contribution in [2.75, 3.05) is 11.9 Å². The smallest absolute Gasteiger partial charge is 0.272 e. The van der Waals surface area contributed by atoms with Crippen molar-refractivity contribution >= 4 is 21.5 Å². The number of amides is 1. The van der Waals surface area contributed by atoms with Crippen molar-refractivity contribution < 1.29 is 17.8 Å². The second kappa shape index (κ2) is 10.8. The van der Waals surface area contributed by atoms with E-state index in [0.717, 1.165) is 30.5 Å². The number of hydrogen-bond acceptors (Lipinski definition) is 3. The summed E-state index contributed by atoms with van der Waals surface area (Å²) in [5.74, 6) is -2.54. The van der Waals surface area contributed by atoms with Gasteiger partial charge in [0.2, 0.25) is 0 Å². The molecular weight excluding hydrogens is 482 g/mol. The van der Waals surface area contributed by atoms with Crippen LogP contribution >= 0.6 is 0 Å². The van der Waals surface area contributed by atoms with Crippen LogP contribution in [0.1, 0.15) is 41.4 Å². The number of fused-ring (bicyclic) bond motifs is 1. The number of aryl methyl sites for hydroxylation is 2. The molecular formula is C27H30F2N4O2S. The van der Waals surface area contributed by atoms with Crippen molar-refractivity contribution in [3.63, 3.8) is 0 Å². The number of nitrogens with one attached hydrogen (secondary N) is 2. The van der Waals surface area contributed by atoms with Crippen molar-refractivity contribution in [3.05, 3.63) is 95.3 Å². The first-order valence-electron chi connectivity index (χ1n) is 11.9. The highest BCUT2D eigenvalue weighted by atomic mass is 32.2. The molecule has 0 fully saturated rings. The molecule has 4 rings (SSSR count). The Bertz CT molecular complexity index is 1410. The molecule has 2 atom stereocenters. The summed E-state index contributed by atoms with van der Waals surface area (Å²) in [4.78, 5) is 13.7. The first-order chi connectivity index (χ1) is 17.2. The molecule has 1 amide bonds. The van der Waals surface area contributed by atoms with Crippen LogP contribution in [0.4, 0.5) is 14.5 Å². The molecule has 1 aromatic heterocycles. The van der Waals surface area contributed by atoms with E-state index < -0.39 is 27.5 Å². The summed E-state index contributed by atoms with van der Waals surface area (Å²) in [6, 6.07) is 13.0. The van der Waals surface area contributed by atoms with Gasteiger partial charge in [-0.3, -0.25) is 4.79 Å². The Morgan fingerprint density at radius 3 is 2.67 bits per heavy atom. The molecule has 0 saturated carbocycles. The number of hydrogen-bond donors (Lipinski definition) is 2. The van der Waals surface area contributed by atoms with Crippen molar-refractivity contribution in [1.82, 2.24) is 9.29 Å². The molecule has 2 heterocycles. The molecule has 1 aliphatic rings. The van der Waals surface area contributed by atoms with Gasteiger partial charge in [-0.15, -0.1) is 0 Å². The summed E-state index contributed by atoms with van der Waals surface area (Å²) in [6.07, 6.45) is 4.28. The molecule has 190 valence electrons. The number of rotatable bonds is 7. The van der Waals surface area contributed by atoms with E-state index in [9.17, 15) is 17.8 Å². The highest BCUT2D eigenvalue weighted by Crippen LogP contribution is 2.31. The molecule has 0 bridgehead atoms. The molecule has 2 N–H and O–H groups in total. The average Bonchev–Trinajstić information content (AvgIpc) is 3.13. The first kappa shape index (κ1) is 25.8. The van der Waals surface area contributed by atoms with Crippen LogP contribution in [0.5, 0.6) is 0 Å². The van der Waals surface area contributed by atoms with Crippen LogP contribution in [0, 0.1) is 11.6 Å². The van der Waals surface area contributed by atoms with Crippen LogP contribution in [-0.4, -0.2) is 27.3 Å². The largest absolute Gasteiger partial charge is 0.345 e. The Morgan fingerprint density at radius 1 is 1.22 bits per heavy atom. The first-order valence-corrected chi connectivity index (χ1v) is 13.4. The van der Waals surface area contributed by atoms with Gasteiger partial charge < -0.3 is 9.88 Å². The lowest BCUT2D eigenvalue weighted by atomic mass is 9.96. The molecule has 0 aliphatic carbocycles. The fraction of sp³-hybridized carbons (Fsp3) is 0.296. The maximum atomic E-state index is 14.1. The highest BCUT2D eigenvalue weighted by molar-refractivity contribution is 7.91. The van der Waals surface area contributed by atoms with E-state index in [1.54, 1.807) is 17.8 Å². The Hall–Kier alpha value is -3.30. The molecule has 0 saturated heterocycles. The molecule has 36 heavy (non-hydrogen) atoms. The van der Waals surface area contributed by atoms with Gasteiger partial charge in [0.15, 0.2) is 11.6 Å². The van der Waals surface area contributed by atoms with Gasteiger partial charge in [0.05, 0.1) is 4.90 Å². The molecule has 9 heteroatoms. The fourth-order valence-corrected chi connectivity index (χ4v) is 6.70. The van der Waals surface area contributed by atoms with Crippen molar-refractivity contribution in [2.45, 2.75) is 43.5 Å². The molecule has 6 nitrogen and oxygen atoms in total. The Labute approximate surface area is 210 Å². The summed E-state index contributed by atoms with van der Waals surface area (Å²) in [7, 11) is -1.34. The number of benzene rings is 2. The summed E-state index contributed by atoms with van der Waals surface area (Å²) >= 11 is 0. The highest BCUT2D eigenvalue weighted by Gasteiger charge is 2.32. The Morgan fingerprint density at radius 2 is 1.97 bits per heavy atom. The van der Waals surface area contributed by atoms with Crippen LogP contribution in [0.15, 0.2) is 76.1 Å². The minimum atomic E-state index is -3.03. The van der Waals surface area contributed by atoms with Crippen LogP contribution in [0.3, 0.4) is 0 Å². The SMILES string of the molecule is C=C(CCc1ccccc1)[C@H]1CCc2c(cn(C)c2C(=O)Nc2ccc(F)c(F)c2)S(=O)(=NCC)N1. The van der Waals surface area contributed by atoms with E-state index in [0.29, 0.717) is 35.5 Å². The van der Waals surface area contributed by atoms with Crippen LogP contribution in [0.2, 0.25) is 0 Å². The lowest BCUT2D eigenvalue weighted by Gasteiger charge is -2.21. The minimum Gasteiger partial charge on any atom is -0.345 e. The zero-order chi connectivity index (χ0) is 25.9. The van der Waals surface area contributed by atoms with Gasteiger partial charge in [0.25, 0.3) is 5.91 Å². The summed E-state index contributed by atoms with van der Waals surface area (Å²) < 4.78 is 50.4. The average molecular weight is 513 g/mol. The van der Waals surface area contributed by atoms with E-state index >= 15 is 0 Å². The van der Waals surface area contributed by atoms with Gasteiger partial charge in [-0.1, -0.05) is 42.5 Å². The van der Waals surface area contributed by atoms with E-state index in [-0.39, 0.29) is 11.7 Å². The van der Waals surface area contributed by atoms with Gasteiger partial charge in [-0.2, -0.15) is 0 Å². The van der Waals surface area contributed by atoms with Crippen LogP contribution in [0.25, 0.3) is 0 Å². The fourth-order valence-electron chi connectivity index (χ4n) is 4.49. The summed E-state index contributed by atoms with van der Waals surface area (Å²) in [5, 5.41) is 2.63. The molecule has 0 radical (unpaired) electrons.